The maximum absolute atomic E-state index is 8.63. The van der Waals surface area contributed by atoms with Crippen LogP contribution in [0.25, 0.3) is 5.69 Å². The van der Waals surface area contributed by atoms with Crippen LogP contribution in [-0.2, 0) is 0 Å². The van der Waals surface area contributed by atoms with E-state index in [9.17, 15) is 0 Å². The Morgan fingerprint density at radius 2 is 1.67 bits per heavy atom. The lowest BCUT2D eigenvalue weighted by atomic mass is 10.2. The van der Waals surface area contributed by atoms with E-state index in [4.69, 9.17) is 10.5 Å². The lowest BCUT2D eigenvalue weighted by Crippen LogP contribution is -1.93. The van der Waals surface area contributed by atoms with Crippen LogP contribution in [-0.4, -0.2) is 9.78 Å². The van der Waals surface area contributed by atoms with Crippen LogP contribution < -0.4 is 0 Å². The number of aromatic nitrogens is 2. The molecule has 1 aromatic heterocycles. The maximum atomic E-state index is 8.63. The highest BCUT2D eigenvalue weighted by Crippen LogP contribution is 2.09. The Kier molecular flexibility index (Phi) is 2.19. The number of nitrogens with zero attached hydrogens (tertiary/aromatic N) is 4. The monoisotopic (exact) mass is 194 g/mol. The highest BCUT2D eigenvalue weighted by Gasteiger charge is 1.99. The Labute approximate surface area is 86.6 Å². The Hall–Kier alpha value is -2.59. The standard InChI is InChI=1S/C11H6N4/c12-5-9-1-3-11(4-2-9)15-8-10(6-13)7-14-15/h1-4,7-8H. The van der Waals surface area contributed by atoms with Gasteiger partial charge in [-0.2, -0.15) is 15.6 Å². The van der Waals surface area contributed by atoms with Gasteiger partial charge in [0.2, 0.25) is 0 Å². The molecule has 0 saturated carbocycles. The molecule has 0 fully saturated rings. The van der Waals surface area contributed by atoms with Crippen molar-refractivity contribution in [3.63, 3.8) is 0 Å². The summed E-state index contributed by atoms with van der Waals surface area (Å²) in [5, 5.41) is 21.3. The molecule has 2 rings (SSSR count). The third-order valence-electron chi connectivity index (χ3n) is 1.97. The molecule has 15 heavy (non-hydrogen) atoms. The second-order valence-corrected chi connectivity index (χ2v) is 2.94. The van der Waals surface area contributed by atoms with E-state index < -0.39 is 0 Å². The third kappa shape index (κ3) is 1.70. The van der Waals surface area contributed by atoms with Crippen molar-refractivity contribution in [2.24, 2.45) is 0 Å². The van der Waals surface area contributed by atoms with Crippen LogP contribution in [0.2, 0.25) is 0 Å². The number of nitriles is 2. The summed E-state index contributed by atoms with van der Waals surface area (Å²) in [6, 6.07) is 11.0. The molecule has 0 spiro atoms. The van der Waals surface area contributed by atoms with Gasteiger partial charge >= 0.3 is 0 Å². The summed E-state index contributed by atoms with van der Waals surface area (Å²) in [6.07, 6.45) is 3.14. The summed E-state index contributed by atoms with van der Waals surface area (Å²) in [6.45, 7) is 0. The van der Waals surface area contributed by atoms with Gasteiger partial charge in [0.25, 0.3) is 0 Å². The van der Waals surface area contributed by atoms with Crippen LogP contribution in [0.15, 0.2) is 36.7 Å². The third-order valence-corrected chi connectivity index (χ3v) is 1.97. The zero-order valence-electron chi connectivity index (χ0n) is 7.75. The van der Waals surface area contributed by atoms with E-state index in [-0.39, 0.29) is 0 Å². The highest BCUT2D eigenvalue weighted by molar-refractivity contribution is 5.39. The van der Waals surface area contributed by atoms with Gasteiger partial charge in [0.1, 0.15) is 6.07 Å². The molecule has 0 unspecified atom stereocenters. The molecule has 4 nitrogen and oxygen atoms in total. The summed E-state index contributed by atoms with van der Waals surface area (Å²) in [7, 11) is 0. The zero-order chi connectivity index (χ0) is 10.7. The molecule has 0 aliphatic heterocycles. The molecule has 2 aromatic rings. The van der Waals surface area contributed by atoms with E-state index in [0.717, 1.165) is 5.69 Å². The van der Waals surface area contributed by atoms with Gasteiger partial charge in [-0.25, -0.2) is 4.68 Å². The number of hydrogen-bond acceptors (Lipinski definition) is 3. The van der Waals surface area contributed by atoms with Crippen molar-refractivity contribution >= 4 is 0 Å². The molecule has 0 saturated heterocycles. The quantitative estimate of drug-likeness (QED) is 0.692. The van der Waals surface area contributed by atoms with Crippen LogP contribution in [0.4, 0.5) is 0 Å². The minimum absolute atomic E-state index is 0.513. The lowest BCUT2D eigenvalue weighted by Gasteiger charge is -1.99. The Balaban J connectivity index is 2.39. The molecule has 1 heterocycles. The summed E-state index contributed by atoms with van der Waals surface area (Å²) in [4.78, 5) is 0. The Bertz CT molecular complexity index is 552. The fourth-order valence-electron chi connectivity index (χ4n) is 1.21. The average Bonchev–Trinajstić information content (AvgIpc) is 2.78. The molecule has 0 atom stereocenters. The van der Waals surface area contributed by atoms with E-state index in [1.807, 2.05) is 12.1 Å². The SMILES string of the molecule is N#Cc1ccc(-n2cc(C#N)cn2)cc1. The van der Waals surface area contributed by atoms with E-state index in [1.54, 1.807) is 35.1 Å². The van der Waals surface area contributed by atoms with Gasteiger partial charge in [0.15, 0.2) is 0 Å². The minimum atomic E-state index is 0.513. The van der Waals surface area contributed by atoms with Crippen molar-refractivity contribution < 1.29 is 0 Å². The van der Waals surface area contributed by atoms with Crippen molar-refractivity contribution in [3.05, 3.63) is 47.8 Å². The molecule has 0 N–H and O–H groups in total. The number of benzene rings is 1. The lowest BCUT2D eigenvalue weighted by molar-refractivity contribution is 0.880. The van der Waals surface area contributed by atoms with E-state index >= 15 is 0 Å². The molecular weight excluding hydrogens is 188 g/mol. The van der Waals surface area contributed by atoms with Gasteiger partial charge in [0.05, 0.1) is 29.1 Å². The Morgan fingerprint density at radius 1 is 1.00 bits per heavy atom. The van der Waals surface area contributed by atoms with Crippen LogP contribution in [0.3, 0.4) is 0 Å². The zero-order valence-corrected chi connectivity index (χ0v) is 7.75. The van der Waals surface area contributed by atoms with Crippen molar-refractivity contribution in [1.82, 2.24) is 9.78 Å². The first kappa shape index (κ1) is 8.98. The fraction of sp³-hybridized carbons (Fsp3) is 0. The molecule has 4 heteroatoms. The number of rotatable bonds is 1. The summed E-state index contributed by atoms with van der Waals surface area (Å²) < 4.78 is 1.60. The average molecular weight is 194 g/mol. The van der Waals surface area contributed by atoms with Crippen molar-refractivity contribution in [2.75, 3.05) is 0 Å². The van der Waals surface area contributed by atoms with Gasteiger partial charge in [-0.05, 0) is 24.3 Å². The van der Waals surface area contributed by atoms with Gasteiger partial charge in [0, 0.05) is 6.20 Å². The normalized spacial score (nSPS) is 9.20. The minimum Gasteiger partial charge on any atom is -0.240 e. The predicted molar refractivity (Wildman–Crippen MR) is 53.0 cm³/mol. The van der Waals surface area contributed by atoms with Crippen LogP contribution in [0.5, 0.6) is 0 Å². The van der Waals surface area contributed by atoms with Gasteiger partial charge < -0.3 is 0 Å². The maximum Gasteiger partial charge on any atom is 0.102 e. The summed E-state index contributed by atoms with van der Waals surface area (Å²) in [5.41, 5.74) is 1.95. The van der Waals surface area contributed by atoms with Crippen LogP contribution >= 0.6 is 0 Å². The summed E-state index contributed by atoms with van der Waals surface area (Å²) >= 11 is 0. The highest BCUT2D eigenvalue weighted by atomic mass is 15.3. The van der Waals surface area contributed by atoms with E-state index in [0.29, 0.717) is 11.1 Å². The second-order valence-electron chi connectivity index (χ2n) is 2.94. The molecule has 0 aliphatic carbocycles. The first-order chi connectivity index (χ1) is 7.33. The van der Waals surface area contributed by atoms with Crippen molar-refractivity contribution in [2.45, 2.75) is 0 Å². The van der Waals surface area contributed by atoms with E-state index in [2.05, 4.69) is 5.10 Å². The van der Waals surface area contributed by atoms with Gasteiger partial charge in [-0.3, -0.25) is 0 Å². The molecule has 0 aliphatic rings. The summed E-state index contributed by atoms with van der Waals surface area (Å²) in [5.74, 6) is 0. The first-order valence-electron chi connectivity index (χ1n) is 4.29. The van der Waals surface area contributed by atoms with Crippen molar-refractivity contribution in [3.8, 4) is 17.8 Å². The Morgan fingerprint density at radius 3 is 2.20 bits per heavy atom. The molecule has 70 valence electrons. The first-order valence-corrected chi connectivity index (χ1v) is 4.29. The smallest absolute Gasteiger partial charge is 0.102 e. The molecule has 0 radical (unpaired) electrons. The van der Waals surface area contributed by atoms with Gasteiger partial charge in [-0.1, -0.05) is 0 Å². The molecular formula is C11H6N4. The predicted octanol–water partition coefficient (Wildman–Crippen LogP) is 1.62. The second kappa shape index (κ2) is 3.65. The van der Waals surface area contributed by atoms with Gasteiger partial charge in [-0.15, -0.1) is 0 Å². The topological polar surface area (TPSA) is 65.4 Å². The van der Waals surface area contributed by atoms with Crippen LogP contribution in [0.1, 0.15) is 11.1 Å². The fourth-order valence-corrected chi connectivity index (χ4v) is 1.21. The number of hydrogen-bond donors (Lipinski definition) is 0. The van der Waals surface area contributed by atoms with Crippen molar-refractivity contribution in [1.29, 1.82) is 10.5 Å². The van der Waals surface area contributed by atoms with Crippen LogP contribution in [0, 0.1) is 22.7 Å². The molecule has 1 aromatic carbocycles. The molecule has 0 bridgehead atoms. The largest absolute Gasteiger partial charge is 0.240 e. The molecule has 0 amide bonds. The van der Waals surface area contributed by atoms with E-state index in [1.165, 1.54) is 6.20 Å².